The maximum absolute atomic E-state index is 10.8. The fourth-order valence-corrected chi connectivity index (χ4v) is 1.03. The Hall–Kier alpha value is -1.98. The van der Waals surface area contributed by atoms with Gasteiger partial charge in [-0.25, -0.2) is 9.97 Å². The van der Waals surface area contributed by atoms with Crippen LogP contribution in [0.15, 0.2) is 12.5 Å². The second-order valence-electron chi connectivity index (χ2n) is 2.54. The van der Waals surface area contributed by atoms with E-state index in [0.29, 0.717) is 16.9 Å². The molecule has 0 aliphatic rings. The lowest BCUT2D eigenvalue weighted by atomic mass is 10.4. The lowest BCUT2D eigenvalue weighted by molar-refractivity contribution is -0.114. The highest BCUT2D eigenvalue weighted by molar-refractivity contribution is 5.96. The van der Waals surface area contributed by atoms with Crippen molar-refractivity contribution in [1.29, 1.82) is 0 Å². The number of nitrogens with one attached hydrogen (secondary N) is 2. The molecule has 0 unspecified atom stereocenters. The molecule has 1 amide bonds. The second-order valence-corrected chi connectivity index (χ2v) is 2.54. The van der Waals surface area contributed by atoms with Gasteiger partial charge in [0, 0.05) is 6.92 Å². The van der Waals surface area contributed by atoms with Crippen molar-refractivity contribution in [1.82, 2.24) is 20.2 Å². The van der Waals surface area contributed by atoms with Gasteiger partial charge in [-0.2, -0.15) is 5.10 Å². The Morgan fingerprint density at radius 1 is 1.54 bits per heavy atom. The molecule has 2 rings (SSSR count). The number of carbonyl (C=O) groups excluding carboxylic acids is 1. The van der Waals surface area contributed by atoms with Gasteiger partial charge < -0.3 is 5.32 Å². The van der Waals surface area contributed by atoms with Gasteiger partial charge in [0.05, 0.1) is 11.6 Å². The van der Waals surface area contributed by atoms with Crippen molar-refractivity contribution < 1.29 is 4.79 Å². The van der Waals surface area contributed by atoms with Crippen LogP contribution in [0.1, 0.15) is 6.92 Å². The summed E-state index contributed by atoms with van der Waals surface area (Å²) < 4.78 is 0. The number of rotatable bonds is 1. The van der Waals surface area contributed by atoms with Crippen LogP contribution in [0.4, 0.5) is 5.82 Å². The number of amides is 1. The molecule has 2 aromatic rings. The molecule has 0 saturated heterocycles. The molecule has 0 aromatic carbocycles. The number of hydrogen-bond donors (Lipinski definition) is 2. The molecule has 0 spiro atoms. The summed E-state index contributed by atoms with van der Waals surface area (Å²) in [6, 6.07) is 0. The van der Waals surface area contributed by atoms with Crippen molar-refractivity contribution in [2.75, 3.05) is 5.32 Å². The molecule has 66 valence electrons. The molecule has 2 heterocycles. The number of hydrogen-bond acceptors (Lipinski definition) is 4. The Labute approximate surface area is 73.4 Å². The van der Waals surface area contributed by atoms with E-state index in [2.05, 4.69) is 25.5 Å². The minimum absolute atomic E-state index is 0.166. The number of fused-ring (bicyclic) bond motifs is 1. The van der Waals surface area contributed by atoms with Gasteiger partial charge in [-0.15, -0.1) is 0 Å². The molecule has 0 aliphatic carbocycles. The summed E-state index contributed by atoms with van der Waals surface area (Å²) in [6.07, 6.45) is 2.94. The molecule has 0 atom stereocenters. The van der Waals surface area contributed by atoms with Crippen LogP contribution in [-0.2, 0) is 4.79 Å². The third kappa shape index (κ3) is 1.33. The summed E-state index contributed by atoms with van der Waals surface area (Å²) in [6.45, 7) is 1.42. The summed E-state index contributed by atoms with van der Waals surface area (Å²) in [5, 5.41) is 9.76. The molecule has 2 aromatic heterocycles. The van der Waals surface area contributed by atoms with Gasteiger partial charge in [-0.3, -0.25) is 9.89 Å². The van der Waals surface area contributed by atoms with E-state index >= 15 is 0 Å². The molecule has 0 aliphatic heterocycles. The summed E-state index contributed by atoms with van der Waals surface area (Å²) in [4.78, 5) is 18.6. The summed E-state index contributed by atoms with van der Waals surface area (Å²) in [5.41, 5.74) is 0.610. The van der Waals surface area contributed by atoms with Crippen LogP contribution in [0.3, 0.4) is 0 Å². The van der Waals surface area contributed by atoms with Crippen molar-refractivity contribution in [2.24, 2.45) is 0 Å². The number of aromatic nitrogens is 4. The fourth-order valence-electron chi connectivity index (χ4n) is 1.03. The Morgan fingerprint density at radius 3 is 3.15 bits per heavy atom. The summed E-state index contributed by atoms with van der Waals surface area (Å²) in [5.74, 6) is 0.312. The Bertz CT molecular complexity index is 449. The van der Waals surface area contributed by atoms with Gasteiger partial charge in [-0.1, -0.05) is 0 Å². The number of anilines is 1. The van der Waals surface area contributed by atoms with Crippen molar-refractivity contribution in [2.45, 2.75) is 6.92 Å². The number of aromatic amines is 1. The minimum Gasteiger partial charge on any atom is -0.310 e. The highest BCUT2D eigenvalue weighted by Crippen LogP contribution is 2.15. The third-order valence-corrected chi connectivity index (χ3v) is 1.54. The molecule has 6 nitrogen and oxygen atoms in total. The molecule has 6 heteroatoms. The number of H-pyrrole nitrogens is 1. The molecular formula is C7H7N5O. The first-order valence-electron chi connectivity index (χ1n) is 3.69. The lowest BCUT2D eigenvalue weighted by Crippen LogP contribution is -2.07. The predicted octanol–water partition coefficient (Wildman–Crippen LogP) is 0.311. The van der Waals surface area contributed by atoms with E-state index in [1.165, 1.54) is 13.3 Å². The SMILES string of the molecule is CC(=O)Nc1ncnc2[nH]ncc12. The van der Waals surface area contributed by atoms with Crippen molar-refractivity contribution in [3.05, 3.63) is 12.5 Å². The first-order chi connectivity index (χ1) is 6.27. The Kier molecular flexibility index (Phi) is 1.66. The monoisotopic (exact) mass is 177 g/mol. The summed E-state index contributed by atoms with van der Waals surface area (Å²) in [7, 11) is 0. The Balaban J connectivity index is 2.54. The largest absolute Gasteiger partial charge is 0.310 e. The van der Waals surface area contributed by atoms with E-state index in [1.54, 1.807) is 6.20 Å². The van der Waals surface area contributed by atoms with Crippen LogP contribution in [0.5, 0.6) is 0 Å². The fraction of sp³-hybridized carbons (Fsp3) is 0.143. The first kappa shape index (κ1) is 7.66. The van der Waals surface area contributed by atoms with Crippen LogP contribution < -0.4 is 5.32 Å². The number of nitrogens with zero attached hydrogens (tertiary/aromatic N) is 3. The zero-order valence-electron chi connectivity index (χ0n) is 6.90. The zero-order chi connectivity index (χ0) is 9.26. The quantitative estimate of drug-likeness (QED) is 0.656. The van der Waals surface area contributed by atoms with E-state index in [9.17, 15) is 4.79 Å². The highest BCUT2D eigenvalue weighted by Gasteiger charge is 2.05. The zero-order valence-corrected chi connectivity index (χ0v) is 6.90. The molecule has 13 heavy (non-hydrogen) atoms. The maximum atomic E-state index is 10.8. The van der Waals surface area contributed by atoms with Crippen molar-refractivity contribution >= 4 is 22.8 Å². The van der Waals surface area contributed by atoms with E-state index in [-0.39, 0.29) is 5.91 Å². The Morgan fingerprint density at radius 2 is 2.38 bits per heavy atom. The summed E-state index contributed by atoms with van der Waals surface area (Å²) >= 11 is 0. The van der Waals surface area contributed by atoms with E-state index in [1.807, 2.05) is 0 Å². The van der Waals surface area contributed by atoms with E-state index in [4.69, 9.17) is 0 Å². The van der Waals surface area contributed by atoms with Crippen molar-refractivity contribution in [3.8, 4) is 0 Å². The van der Waals surface area contributed by atoms with Crippen LogP contribution in [0.2, 0.25) is 0 Å². The van der Waals surface area contributed by atoms with Crippen LogP contribution in [0, 0.1) is 0 Å². The van der Waals surface area contributed by atoms with Gasteiger partial charge in [-0.05, 0) is 0 Å². The van der Waals surface area contributed by atoms with Crippen LogP contribution in [-0.4, -0.2) is 26.1 Å². The molecular weight excluding hydrogens is 170 g/mol. The smallest absolute Gasteiger partial charge is 0.222 e. The standard InChI is InChI=1S/C7H7N5O/c1-4(13)11-6-5-2-10-12-7(5)9-3-8-6/h2-3H,1H3,(H2,8,9,10,11,12,13). The van der Waals surface area contributed by atoms with Crippen LogP contribution in [0.25, 0.3) is 11.0 Å². The minimum atomic E-state index is -0.166. The average molecular weight is 177 g/mol. The average Bonchev–Trinajstić information content (AvgIpc) is 2.51. The van der Waals surface area contributed by atoms with Gasteiger partial charge >= 0.3 is 0 Å². The molecule has 0 saturated carbocycles. The van der Waals surface area contributed by atoms with E-state index < -0.39 is 0 Å². The predicted molar refractivity (Wildman–Crippen MR) is 46.0 cm³/mol. The maximum Gasteiger partial charge on any atom is 0.222 e. The topological polar surface area (TPSA) is 83.6 Å². The van der Waals surface area contributed by atoms with Crippen molar-refractivity contribution in [3.63, 3.8) is 0 Å². The second kappa shape index (κ2) is 2.81. The van der Waals surface area contributed by atoms with Gasteiger partial charge in [0.25, 0.3) is 0 Å². The third-order valence-electron chi connectivity index (χ3n) is 1.54. The lowest BCUT2D eigenvalue weighted by Gasteiger charge is -1.99. The van der Waals surface area contributed by atoms with Gasteiger partial charge in [0.15, 0.2) is 5.65 Å². The number of carbonyl (C=O) groups is 1. The molecule has 0 bridgehead atoms. The van der Waals surface area contributed by atoms with Crippen LogP contribution >= 0.6 is 0 Å². The highest BCUT2D eigenvalue weighted by atomic mass is 16.1. The van der Waals surface area contributed by atoms with E-state index in [0.717, 1.165) is 0 Å². The van der Waals surface area contributed by atoms with Gasteiger partial charge in [0.1, 0.15) is 12.1 Å². The molecule has 0 radical (unpaired) electrons. The first-order valence-corrected chi connectivity index (χ1v) is 3.69. The molecule has 0 fully saturated rings. The normalized spacial score (nSPS) is 10.2. The molecule has 2 N–H and O–H groups in total. The van der Waals surface area contributed by atoms with Gasteiger partial charge in [0.2, 0.25) is 5.91 Å².